The summed E-state index contributed by atoms with van der Waals surface area (Å²) in [5.74, 6) is 1.17. The SMILES string of the molecule is CNC(Cc1ccc([N+](=O)[O-])cc1)C(C)C(C)C. The third kappa shape index (κ3) is 3.81. The average molecular weight is 250 g/mol. The van der Waals surface area contributed by atoms with Gasteiger partial charge in [-0.15, -0.1) is 0 Å². The summed E-state index contributed by atoms with van der Waals surface area (Å²) < 4.78 is 0. The molecule has 0 saturated carbocycles. The Morgan fingerprint density at radius 1 is 1.22 bits per heavy atom. The number of hydrogen-bond acceptors (Lipinski definition) is 3. The van der Waals surface area contributed by atoms with E-state index < -0.39 is 0 Å². The first-order chi connectivity index (χ1) is 8.45. The lowest BCUT2D eigenvalue weighted by molar-refractivity contribution is -0.384. The van der Waals surface area contributed by atoms with Gasteiger partial charge in [0.1, 0.15) is 0 Å². The van der Waals surface area contributed by atoms with Crippen LogP contribution in [0.25, 0.3) is 0 Å². The van der Waals surface area contributed by atoms with Crippen molar-refractivity contribution < 1.29 is 4.92 Å². The minimum atomic E-state index is -0.365. The molecule has 4 nitrogen and oxygen atoms in total. The van der Waals surface area contributed by atoms with Gasteiger partial charge < -0.3 is 5.32 Å². The van der Waals surface area contributed by atoms with Gasteiger partial charge in [-0.05, 0) is 30.9 Å². The van der Waals surface area contributed by atoms with Gasteiger partial charge >= 0.3 is 0 Å². The first kappa shape index (κ1) is 14.6. The Labute approximate surface area is 109 Å². The van der Waals surface area contributed by atoms with Gasteiger partial charge in [0.05, 0.1) is 4.92 Å². The van der Waals surface area contributed by atoms with E-state index in [1.54, 1.807) is 12.1 Å². The lowest BCUT2D eigenvalue weighted by Crippen LogP contribution is -2.36. The predicted molar refractivity (Wildman–Crippen MR) is 73.7 cm³/mol. The maximum absolute atomic E-state index is 10.6. The molecule has 4 heteroatoms. The quantitative estimate of drug-likeness (QED) is 0.623. The van der Waals surface area contributed by atoms with Crippen LogP contribution in [-0.4, -0.2) is 18.0 Å². The van der Waals surface area contributed by atoms with Crippen molar-refractivity contribution in [2.45, 2.75) is 33.2 Å². The second kappa shape index (κ2) is 6.50. The topological polar surface area (TPSA) is 55.2 Å². The highest BCUT2D eigenvalue weighted by molar-refractivity contribution is 5.33. The van der Waals surface area contributed by atoms with Crippen LogP contribution in [-0.2, 0) is 6.42 Å². The maximum atomic E-state index is 10.6. The van der Waals surface area contributed by atoms with Gasteiger partial charge in [0.25, 0.3) is 5.69 Å². The number of nitro benzene ring substituents is 1. The lowest BCUT2D eigenvalue weighted by Gasteiger charge is -2.26. The van der Waals surface area contributed by atoms with Gasteiger partial charge in [-0.3, -0.25) is 10.1 Å². The molecule has 0 spiro atoms. The highest BCUT2D eigenvalue weighted by Crippen LogP contribution is 2.19. The molecule has 18 heavy (non-hydrogen) atoms. The first-order valence-electron chi connectivity index (χ1n) is 6.36. The van der Waals surface area contributed by atoms with Crippen molar-refractivity contribution in [3.05, 3.63) is 39.9 Å². The van der Waals surface area contributed by atoms with E-state index in [0.29, 0.717) is 17.9 Å². The summed E-state index contributed by atoms with van der Waals surface area (Å²) in [6.45, 7) is 6.66. The smallest absolute Gasteiger partial charge is 0.269 e. The Hall–Kier alpha value is -1.42. The fourth-order valence-electron chi connectivity index (χ4n) is 2.02. The molecular weight excluding hydrogens is 228 g/mol. The minimum Gasteiger partial charge on any atom is -0.316 e. The summed E-state index contributed by atoms with van der Waals surface area (Å²) in [4.78, 5) is 10.2. The second-order valence-electron chi connectivity index (χ2n) is 5.13. The fraction of sp³-hybridized carbons (Fsp3) is 0.571. The van der Waals surface area contributed by atoms with E-state index in [2.05, 4.69) is 26.1 Å². The molecule has 0 amide bonds. The average Bonchev–Trinajstić information content (AvgIpc) is 2.35. The molecule has 0 aliphatic carbocycles. The van der Waals surface area contributed by atoms with Gasteiger partial charge in [-0.2, -0.15) is 0 Å². The highest BCUT2D eigenvalue weighted by Gasteiger charge is 2.19. The third-order valence-corrected chi connectivity index (χ3v) is 3.66. The molecule has 0 fully saturated rings. The predicted octanol–water partition coefficient (Wildman–Crippen LogP) is 3.02. The van der Waals surface area contributed by atoms with Crippen molar-refractivity contribution in [2.24, 2.45) is 11.8 Å². The molecule has 1 aromatic carbocycles. The normalized spacial score (nSPS) is 14.5. The highest BCUT2D eigenvalue weighted by atomic mass is 16.6. The third-order valence-electron chi connectivity index (χ3n) is 3.66. The summed E-state index contributed by atoms with van der Waals surface area (Å²) in [7, 11) is 1.97. The van der Waals surface area contributed by atoms with Crippen LogP contribution in [0.4, 0.5) is 5.69 Å². The van der Waals surface area contributed by atoms with E-state index in [1.165, 1.54) is 0 Å². The van der Waals surface area contributed by atoms with Gasteiger partial charge in [0.15, 0.2) is 0 Å². The van der Waals surface area contributed by atoms with Crippen molar-refractivity contribution in [3.63, 3.8) is 0 Å². The van der Waals surface area contributed by atoms with E-state index in [-0.39, 0.29) is 10.6 Å². The van der Waals surface area contributed by atoms with Gasteiger partial charge in [-0.1, -0.05) is 32.9 Å². The summed E-state index contributed by atoms with van der Waals surface area (Å²) in [5.41, 5.74) is 1.28. The van der Waals surface area contributed by atoms with Crippen molar-refractivity contribution in [2.75, 3.05) is 7.05 Å². The Kier molecular flexibility index (Phi) is 5.28. The molecule has 0 aromatic heterocycles. The van der Waals surface area contributed by atoms with Gasteiger partial charge in [-0.25, -0.2) is 0 Å². The number of rotatable bonds is 6. The monoisotopic (exact) mass is 250 g/mol. The standard InChI is InChI=1S/C14H22N2O2/c1-10(2)11(3)14(15-4)9-12-5-7-13(8-6-12)16(17)18/h5-8,10-11,14-15H,9H2,1-4H3. The van der Waals surface area contributed by atoms with Gasteiger partial charge in [0, 0.05) is 18.2 Å². The molecular formula is C14H22N2O2. The Bertz CT molecular complexity index is 387. The molecule has 2 unspecified atom stereocenters. The van der Waals surface area contributed by atoms with Crippen molar-refractivity contribution in [1.82, 2.24) is 5.32 Å². The molecule has 2 atom stereocenters. The largest absolute Gasteiger partial charge is 0.316 e. The molecule has 1 aromatic rings. The zero-order chi connectivity index (χ0) is 13.7. The molecule has 0 bridgehead atoms. The number of benzene rings is 1. The number of nitro groups is 1. The molecule has 0 radical (unpaired) electrons. The van der Waals surface area contributed by atoms with Gasteiger partial charge in [0.2, 0.25) is 0 Å². The van der Waals surface area contributed by atoms with Crippen LogP contribution in [0.5, 0.6) is 0 Å². The van der Waals surface area contributed by atoms with Crippen molar-refractivity contribution in [3.8, 4) is 0 Å². The number of nitrogens with one attached hydrogen (secondary N) is 1. The number of likely N-dealkylation sites (N-methyl/N-ethyl adjacent to an activating group) is 1. The number of non-ortho nitro benzene ring substituents is 1. The molecule has 0 saturated heterocycles. The Morgan fingerprint density at radius 2 is 1.78 bits per heavy atom. The van der Waals surface area contributed by atoms with Crippen LogP contribution in [0.1, 0.15) is 26.3 Å². The Balaban J connectivity index is 2.73. The summed E-state index contributed by atoms with van der Waals surface area (Å²) in [6.07, 6.45) is 0.897. The van der Waals surface area contributed by atoms with Crippen LogP contribution < -0.4 is 5.32 Å². The Morgan fingerprint density at radius 3 is 2.17 bits per heavy atom. The van der Waals surface area contributed by atoms with E-state index >= 15 is 0 Å². The first-order valence-corrected chi connectivity index (χ1v) is 6.36. The molecule has 1 N–H and O–H groups in total. The molecule has 0 aliphatic heterocycles. The number of nitrogens with zero attached hydrogens (tertiary/aromatic N) is 1. The second-order valence-corrected chi connectivity index (χ2v) is 5.13. The lowest BCUT2D eigenvalue weighted by atomic mass is 9.87. The van der Waals surface area contributed by atoms with E-state index in [4.69, 9.17) is 0 Å². The van der Waals surface area contributed by atoms with Crippen LogP contribution in [0, 0.1) is 22.0 Å². The summed E-state index contributed by atoms with van der Waals surface area (Å²) in [6, 6.07) is 7.22. The summed E-state index contributed by atoms with van der Waals surface area (Å²) >= 11 is 0. The van der Waals surface area contributed by atoms with Crippen LogP contribution >= 0.6 is 0 Å². The zero-order valence-corrected chi connectivity index (χ0v) is 11.5. The van der Waals surface area contributed by atoms with Crippen molar-refractivity contribution >= 4 is 5.69 Å². The molecule has 0 aliphatic rings. The maximum Gasteiger partial charge on any atom is 0.269 e. The fourth-order valence-corrected chi connectivity index (χ4v) is 2.02. The van der Waals surface area contributed by atoms with Crippen molar-refractivity contribution in [1.29, 1.82) is 0 Å². The molecule has 100 valence electrons. The molecule has 1 rings (SSSR count). The van der Waals surface area contributed by atoms with E-state index in [0.717, 1.165) is 12.0 Å². The molecule has 0 heterocycles. The van der Waals surface area contributed by atoms with Crippen LogP contribution in [0.2, 0.25) is 0 Å². The van der Waals surface area contributed by atoms with Crippen LogP contribution in [0.3, 0.4) is 0 Å². The van der Waals surface area contributed by atoms with Crippen LogP contribution in [0.15, 0.2) is 24.3 Å². The summed E-state index contributed by atoms with van der Waals surface area (Å²) in [5, 5.41) is 13.9. The number of hydrogen-bond donors (Lipinski definition) is 1. The minimum absolute atomic E-state index is 0.150. The zero-order valence-electron chi connectivity index (χ0n) is 11.5. The van der Waals surface area contributed by atoms with E-state index in [1.807, 2.05) is 19.2 Å². The van der Waals surface area contributed by atoms with E-state index in [9.17, 15) is 10.1 Å².